The molecular weight excluding hydrogens is 199 g/mol. The normalized spacial score (nSPS) is 15.8. The fourth-order valence-electron chi connectivity index (χ4n) is 2.54. The van der Waals surface area contributed by atoms with E-state index >= 15 is 0 Å². The van der Waals surface area contributed by atoms with Gasteiger partial charge in [-0.25, -0.2) is 0 Å². The number of rotatable bonds is 6. The van der Waals surface area contributed by atoms with Crippen LogP contribution in [0.4, 0.5) is 0 Å². The van der Waals surface area contributed by atoms with Crippen molar-refractivity contribution in [1.82, 2.24) is 0 Å². The van der Waals surface area contributed by atoms with Crippen LogP contribution in [0.1, 0.15) is 74.7 Å². The number of hydrogen-bond donors (Lipinski definition) is 0. The molecule has 0 aliphatic rings. The second kappa shape index (κ2) is 5.67. The second-order valence-corrected chi connectivity index (χ2v) is 10.0. The van der Waals surface area contributed by atoms with Gasteiger partial charge >= 0.3 is 0 Å². The van der Waals surface area contributed by atoms with Crippen LogP contribution in [0.5, 0.6) is 0 Å². The predicted molar refractivity (Wildman–Crippen MR) is 75.4 cm³/mol. The van der Waals surface area contributed by atoms with Crippen LogP contribution in [-0.2, 0) is 0 Å². The van der Waals surface area contributed by atoms with Crippen molar-refractivity contribution in [3.05, 3.63) is 0 Å². The van der Waals surface area contributed by atoms with Crippen LogP contribution in [0, 0.1) is 0 Å². The van der Waals surface area contributed by atoms with Gasteiger partial charge in [0, 0.05) is 0 Å². The molecule has 1 atom stereocenters. The average molecular weight is 230 g/mol. The zero-order chi connectivity index (χ0) is 12.3. The van der Waals surface area contributed by atoms with E-state index < -0.39 is 0 Å². The van der Waals surface area contributed by atoms with Crippen molar-refractivity contribution >= 4 is 7.92 Å². The maximum atomic E-state index is 2.47. The molecule has 0 aromatic heterocycles. The lowest BCUT2D eigenvalue weighted by Crippen LogP contribution is -2.33. The van der Waals surface area contributed by atoms with E-state index in [1.165, 1.54) is 19.3 Å². The van der Waals surface area contributed by atoms with Gasteiger partial charge in [-0.05, 0) is 35.2 Å². The zero-order valence-electron chi connectivity index (χ0n) is 12.1. The van der Waals surface area contributed by atoms with Gasteiger partial charge in [0.25, 0.3) is 0 Å². The average Bonchev–Trinajstić information content (AvgIpc) is 2.17. The highest BCUT2D eigenvalue weighted by Gasteiger charge is 2.40. The summed E-state index contributed by atoms with van der Waals surface area (Å²) in [6.45, 7) is 19.4. The van der Waals surface area contributed by atoms with Crippen molar-refractivity contribution in [2.24, 2.45) is 0 Å². The van der Waals surface area contributed by atoms with Crippen molar-refractivity contribution in [3.8, 4) is 0 Å². The predicted octanol–water partition coefficient (Wildman–Crippen LogP) is 5.64. The first-order valence-corrected chi connectivity index (χ1v) is 7.93. The minimum absolute atomic E-state index is 0.0913. The fourth-order valence-corrected chi connectivity index (χ4v) is 7.61. The van der Waals surface area contributed by atoms with E-state index in [0.717, 1.165) is 5.66 Å². The Morgan fingerprint density at radius 1 is 0.867 bits per heavy atom. The molecule has 0 aromatic rings. The summed E-state index contributed by atoms with van der Waals surface area (Å²) in [6, 6.07) is 0. The minimum atomic E-state index is 0.0913. The van der Waals surface area contributed by atoms with Gasteiger partial charge in [-0.3, -0.25) is 0 Å². The summed E-state index contributed by atoms with van der Waals surface area (Å²) in [5.74, 6) is 0. The summed E-state index contributed by atoms with van der Waals surface area (Å²) < 4.78 is 0. The van der Waals surface area contributed by atoms with Crippen LogP contribution < -0.4 is 0 Å². The molecule has 0 radical (unpaired) electrons. The molecule has 0 N–H and O–H groups in total. The molecule has 0 amide bonds. The Morgan fingerprint density at radius 3 is 1.40 bits per heavy atom. The van der Waals surface area contributed by atoms with Gasteiger partial charge in [-0.2, -0.15) is 0 Å². The molecule has 0 fully saturated rings. The highest BCUT2D eigenvalue weighted by atomic mass is 31.1. The smallest absolute Gasteiger partial charge is 0.0146 e. The maximum absolute atomic E-state index is 2.47. The van der Waals surface area contributed by atoms with Gasteiger partial charge in [0.1, 0.15) is 0 Å². The van der Waals surface area contributed by atoms with E-state index in [-0.39, 0.29) is 7.92 Å². The van der Waals surface area contributed by atoms with E-state index in [1.807, 2.05) is 0 Å². The van der Waals surface area contributed by atoms with Gasteiger partial charge in [-0.15, -0.1) is 0 Å². The highest BCUT2D eigenvalue weighted by Crippen LogP contribution is 2.65. The third-order valence-corrected chi connectivity index (χ3v) is 8.55. The van der Waals surface area contributed by atoms with Crippen molar-refractivity contribution < 1.29 is 0 Å². The minimum Gasteiger partial charge on any atom is -0.0922 e. The van der Waals surface area contributed by atoms with Crippen molar-refractivity contribution in [2.45, 2.75) is 90.6 Å². The molecular formula is C14H31P. The molecule has 0 aromatic carbocycles. The lowest BCUT2D eigenvalue weighted by atomic mass is 10.1. The molecule has 15 heavy (non-hydrogen) atoms. The molecule has 0 aliphatic heterocycles. The number of hydrogen-bond acceptors (Lipinski definition) is 0. The van der Waals surface area contributed by atoms with E-state index in [1.54, 1.807) is 0 Å². The molecule has 92 valence electrons. The Balaban J connectivity index is 5.06. The standard InChI is InChI=1S/C14H31P/c1-9-12(4)15(13(5,6)10-2)14(7,8)11-3/h12H,9-11H2,1-8H3. The maximum Gasteiger partial charge on any atom is -0.0146 e. The van der Waals surface area contributed by atoms with E-state index in [2.05, 4.69) is 55.4 Å². The van der Waals surface area contributed by atoms with E-state index in [4.69, 9.17) is 0 Å². The van der Waals surface area contributed by atoms with Crippen LogP contribution in [0.15, 0.2) is 0 Å². The van der Waals surface area contributed by atoms with Gasteiger partial charge < -0.3 is 0 Å². The topological polar surface area (TPSA) is 0 Å². The Kier molecular flexibility index (Phi) is 5.83. The van der Waals surface area contributed by atoms with Crippen LogP contribution in [-0.4, -0.2) is 16.0 Å². The van der Waals surface area contributed by atoms with Crippen LogP contribution >= 0.6 is 7.92 Å². The lowest BCUT2D eigenvalue weighted by molar-refractivity contribution is 0.589. The first kappa shape index (κ1) is 15.4. The quantitative estimate of drug-likeness (QED) is 0.518. The fraction of sp³-hybridized carbons (Fsp3) is 1.00. The molecule has 0 heterocycles. The zero-order valence-corrected chi connectivity index (χ0v) is 13.0. The second-order valence-electron chi connectivity index (χ2n) is 5.96. The summed E-state index contributed by atoms with van der Waals surface area (Å²) in [4.78, 5) is 0. The molecule has 0 nitrogen and oxygen atoms in total. The summed E-state index contributed by atoms with van der Waals surface area (Å²) >= 11 is 0. The van der Waals surface area contributed by atoms with Crippen molar-refractivity contribution in [2.75, 3.05) is 0 Å². The molecule has 0 bridgehead atoms. The van der Waals surface area contributed by atoms with Gasteiger partial charge in [-0.1, -0.05) is 63.3 Å². The monoisotopic (exact) mass is 230 g/mol. The van der Waals surface area contributed by atoms with Crippen molar-refractivity contribution in [3.63, 3.8) is 0 Å². The SMILES string of the molecule is CCC(C)P(C(C)(C)CC)C(C)(C)CC. The van der Waals surface area contributed by atoms with E-state index in [9.17, 15) is 0 Å². The summed E-state index contributed by atoms with van der Waals surface area (Å²) in [5, 5.41) is 1.06. The first-order valence-electron chi connectivity index (χ1n) is 6.52. The molecule has 1 heteroatoms. The molecule has 1 unspecified atom stereocenters. The third kappa shape index (κ3) is 3.74. The Labute approximate surface area is 99.0 Å². The van der Waals surface area contributed by atoms with Gasteiger partial charge in [0.15, 0.2) is 0 Å². The first-order chi connectivity index (χ1) is 6.72. The van der Waals surface area contributed by atoms with E-state index in [0.29, 0.717) is 10.3 Å². The highest BCUT2D eigenvalue weighted by molar-refractivity contribution is 7.61. The molecule has 0 spiro atoms. The summed E-state index contributed by atoms with van der Waals surface area (Å²) in [7, 11) is 0.0913. The molecule has 0 rings (SSSR count). The van der Waals surface area contributed by atoms with Crippen LogP contribution in [0.2, 0.25) is 0 Å². The summed E-state index contributed by atoms with van der Waals surface area (Å²) in [5.41, 5.74) is 0.893. The Bertz CT molecular complexity index is 166. The van der Waals surface area contributed by atoms with Crippen LogP contribution in [0.25, 0.3) is 0 Å². The summed E-state index contributed by atoms with van der Waals surface area (Å²) in [6.07, 6.45) is 3.96. The van der Waals surface area contributed by atoms with Crippen molar-refractivity contribution in [1.29, 1.82) is 0 Å². The van der Waals surface area contributed by atoms with Gasteiger partial charge in [0.05, 0.1) is 0 Å². The molecule has 0 saturated carbocycles. The molecule has 0 saturated heterocycles. The largest absolute Gasteiger partial charge is 0.0922 e. The Hall–Kier alpha value is 0.430. The lowest BCUT2D eigenvalue weighted by Gasteiger charge is -2.48. The van der Waals surface area contributed by atoms with Gasteiger partial charge in [0.2, 0.25) is 0 Å². The van der Waals surface area contributed by atoms with Crippen LogP contribution in [0.3, 0.4) is 0 Å². The third-order valence-electron chi connectivity index (χ3n) is 4.07. The molecule has 0 aliphatic carbocycles. The Morgan fingerprint density at radius 2 is 1.20 bits per heavy atom.